The van der Waals surface area contributed by atoms with Gasteiger partial charge in [-0.2, -0.15) is 9.59 Å². The number of hydrogen-bond donors (Lipinski definition) is 1. The molecule has 0 aromatic heterocycles. The third-order valence-electron chi connectivity index (χ3n) is 0.0373. The van der Waals surface area contributed by atoms with Gasteiger partial charge in [-0.05, 0) is 6.47 Å². The van der Waals surface area contributed by atoms with Gasteiger partial charge in [-0.25, -0.2) is 5.26 Å². The molecule has 0 aliphatic rings. The number of hydrogen-bond acceptors (Lipinski definition) is 5. The van der Waals surface area contributed by atoms with Crippen molar-refractivity contribution in [3.63, 3.8) is 0 Å². The van der Waals surface area contributed by atoms with Crippen LogP contribution in [-0.4, -0.2) is 23.4 Å². The van der Waals surface area contributed by atoms with Crippen molar-refractivity contribution in [3.8, 4) is 0 Å². The van der Waals surface area contributed by atoms with Crippen LogP contribution >= 0.6 is 0 Å². The zero-order valence-electron chi connectivity index (χ0n) is 4.99. The van der Waals surface area contributed by atoms with E-state index >= 15 is 0 Å². The van der Waals surface area contributed by atoms with Crippen LogP contribution in [0.3, 0.4) is 0 Å². The maximum absolute atomic E-state index is 8.58. The normalized spacial score (nSPS) is 2.90. The molecule has 0 fully saturated rings. The van der Waals surface area contributed by atoms with Crippen molar-refractivity contribution in [2.24, 2.45) is 0 Å². The first kappa shape index (κ1) is 31.1. The monoisotopic (exact) mass is 353 g/mol. The van der Waals surface area contributed by atoms with E-state index < -0.39 is 0 Å². The summed E-state index contributed by atoms with van der Waals surface area (Å²) in [5.41, 5.74) is 0. The molecule has 0 unspecified atom stereocenters. The van der Waals surface area contributed by atoms with Crippen molar-refractivity contribution < 1.29 is 86.0 Å². The van der Waals surface area contributed by atoms with Gasteiger partial charge in [0.05, 0.1) is 0 Å². The Morgan fingerprint density at radius 2 is 1.50 bits per heavy atom. The predicted molar refractivity (Wildman–Crippen MR) is 20.1 cm³/mol. The first-order valence-electron chi connectivity index (χ1n) is 0.999. The van der Waals surface area contributed by atoms with E-state index in [2.05, 4.69) is 4.89 Å². The number of carbonyl (C=O) groups excluding carboxylic acids is 3. The molecule has 0 saturated heterocycles. The summed E-state index contributed by atoms with van der Waals surface area (Å²) < 4.78 is 0. The Labute approximate surface area is 98.0 Å². The van der Waals surface area contributed by atoms with Crippen LogP contribution in [0.2, 0.25) is 0 Å². The van der Waals surface area contributed by atoms with Gasteiger partial charge in [-0.15, -0.1) is 0 Å². The summed E-state index contributed by atoms with van der Waals surface area (Å²) in [7, 11) is 0. The Hall–Kier alpha value is 0.614. The second-order valence-corrected chi connectivity index (χ2v) is 0.258. The summed E-state index contributed by atoms with van der Waals surface area (Å²) in [5, 5.41) is 6.95. The molecule has 0 aliphatic heterocycles. The average molecular weight is 350 g/mol. The van der Waals surface area contributed by atoms with Crippen LogP contribution < -0.4 is 0 Å². The van der Waals surface area contributed by atoms with Crippen molar-refractivity contribution in [1.29, 1.82) is 0 Å². The minimum absolute atomic E-state index is 0. The van der Waals surface area contributed by atoms with Gasteiger partial charge < -0.3 is 15.2 Å². The third kappa shape index (κ3) is 192. The quantitative estimate of drug-likeness (QED) is 0.264. The van der Waals surface area contributed by atoms with E-state index in [0.717, 1.165) is 6.47 Å². The molecule has 0 rings (SSSR count). The van der Waals surface area contributed by atoms with Gasteiger partial charge in [0.1, 0.15) is 0 Å². The summed E-state index contributed by atoms with van der Waals surface area (Å²) >= 11 is 0. The minimum Gasteiger partial charge on any atom is -0.509 e. The third-order valence-corrected chi connectivity index (χ3v) is 0.0373. The van der Waals surface area contributed by atoms with Crippen molar-refractivity contribution >= 4 is 12.6 Å². The molecule has 3 N–H and O–H groups in total. The second kappa shape index (κ2) is 54.6. The van der Waals surface area contributed by atoms with E-state index in [-0.39, 0.29) is 67.7 Å². The molecule has 0 heterocycles. The zero-order chi connectivity index (χ0) is 6.12. The Kier molecular flexibility index (Phi) is 170. The van der Waals surface area contributed by atoms with Crippen LogP contribution in [0.5, 0.6) is 0 Å². The van der Waals surface area contributed by atoms with Crippen molar-refractivity contribution in [1.82, 2.24) is 0 Å². The fourth-order valence-electron chi connectivity index (χ4n) is 0. The van der Waals surface area contributed by atoms with Gasteiger partial charge in [-0.3, -0.25) is 0 Å². The van der Waals surface area contributed by atoms with Gasteiger partial charge in [0.2, 0.25) is 0 Å². The Morgan fingerprint density at radius 1 is 1.40 bits per heavy atom. The minimum atomic E-state index is 0. The molecule has 6 nitrogen and oxygen atoms in total. The first-order chi connectivity index (χ1) is 3.33. The van der Waals surface area contributed by atoms with Gasteiger partial charge >= 0.3 is 6.15 Å². The smallest absolute Gasteiger partial charge is 0.373 e. The predicted octanol–water partition coefficient (Wildman–Crippen LogP) is -1.62. The van der Waals surface area contributed by atoms with E-state index in [1.807, 2.05) is 0 Å². The molecule has 54 valence electrons. The molecule has 8 heteroatoms. The summed E-state index contributed by atoms with van der Waals surface area (Å²) in [5.74, 6) is 0. The summed E-state index contributed by atoms with van der Waals surface area (Å²) in [4.78, 5) is 27.6. The molecular weight excluding hydrogens is 345 g/mol. The molecule has 0 aromatic rings. The van der Waals surface area contributed by atoms with E-state index in [1.54, 1.807) is 0 Å². The molecule has 0 spiro atoms. The van der Waals surface area contributed by atoms with Gasteiger partial charge in [0.15, 0.2) is 0 Å². The first-order valence-corrected chi connectivity index (χ1v) is 0.999. The second-order valence-electron chi connectivity index (χ2n) is 0.258. The molecule has 0 aliphatic carbocycles. The molecule has 10 heavy (non-hydrogen) atoms. The van der Waals surface area contributed by atoms with Crippen LogP contribution in [0.1, 0.15) is 1.43 Å². The molecule has 0 saturated carbocycles. The van der Waals surface area contributed by atoms with Gasteiger partial charge in [-0.1, -0.05) is 0 Å². The standard InChI is InChI=1S/CHO3.CO2.2Cd.H2O.H2/c2-1-4-3;2-1-3;;;;/h3H;;;;1H2;1H/q-1;;;;;. The largest absolute Gasteiger partial charge is 0.509 e. The van der Waals surface area contributed by atoms with Gasteiger partial charge in [0.25, 0.3) is 0 Å². The van der Waals surface area contributed by atoms with Crippen LogP contribution in [-0.2, 0) is 73.9 Å². The molecule has 0 radical (unpaired) electrons. The summed E-state index contributed by atoms with van der Waals surface area (Å²) in [6.45, 7) is 0.736. The molecule has 0 aromatic carbocycles. The van der Waals surface area contributed by atoms with Crippen LogP contribution in [0, 0.1) is 0 Å². The van der Waals surface area contributed by atoms with Crippen LogP contribution in [0.15, 0.2) is 0 Å². The summed E-state index contributed by atoms with van der Waals surface area (Å²) in [6.07, 6.45) is 0.250. The molecule has 0 amide bonds. The maximum atomic E-state index is 8.58. The molecule has 0 bridgehead atoms. The Balaban J connectivity index is -0.00000000848. The topological polar surface area (TPSA) is 112 Å². The maximum Gasteiger partial charge on any atom is 0.373 e. The van der Waals surface area contributed by atoms with Crippen LogP contribution in [0.25, 0.3) is 0 Å². The van der Waals surface area contributed by atoms with E-state index in [9.17, 15) is 0 Å². The zero-order valence-corrected chi connectivity index (χ0v) is 13.1. The van der Waals surface area contributed by atoms with E-state index in [0.29, 0.717) is 0 Å². The van der Waals surface area contributed by atoms with Crippen molar-refractivity contribution in [3.05, 3.63) is 0 Å². The Bertz CT molecular complexity index is 73.0. The van der Waals surface area contributed by atoms with Crippen molar-refractivity contribution in [2.45, 2.75) is 0 Å². The number of rotatable bonds is 1. The van der Waals surface area contributed by atoms with E-state index in [4.69, 9.17) is 19.6 Å². The SMILES string of the molecule is O.O=C=O.O=[C-]OO.[Cd].[Cd].[HH]. The van der Waals surface area contributed by atoms with Crippen molar-refractivity contribution in [2.75, 3.05) is 0 Å². The fraction of sp³-hybridized carbons (Fsp3) is 0. The van der Waals surface area contributed by atoms with Gasteiger partial charge in [0, 0.05) is 56.0 Å². The fourth-order valence-corrected chi connectivity index (χ4v) is 0. The molecule has 0 atom stereocenters. The average Bonchev–Trinajstić information content (AvgIpc) is 1.69. The van der Waals surface area contributed by atoms with E-state index in [1.165, 1.54) is 0 Å². The van der Waals surface area contributed by atoms with Crippen LogP contribution in [0.4, 0.5) is 0 Å². The molecular formula is C2H5Cd2O6-. The Morgan fingerprint density at radius 3 is 1.50 bits per heavy atom. The summed E-state index contributed by atoms with van der Waals surface area (Å²) in [6, 6.07) is 0.